The lowest BCUT2D eigenvalue weighted by atomic mass is 9.94. The normalized spacial score (nSPS) is 39.8. The molecule has 2 aliphatic rings. The molecule has 0 spiro atoms. The van der Waals surface area contributed by atoms with Crippen LogP contribution in [-0.4, -0.2) is 22.9 Å². The molecule has 0 bridgehead atoms. The summed E-state index contributed by atoms with van der Waals surface area (Å²) in [6, 6.07) is 0. The van der Waals surface area contributed by atoms with E-state index in [1.54, 1.807) is 12.2 Å². The Morgan fingerprint density at radius 2 is 2.00 bits per heavy atom. The van der Waals surface area contributed by atoms with Gasteiger partial charge in [0.15, 0.2) is 0 Å². The van der Waals surface area contributed by atoms with Crippen LogP contribution in [0.25, 0.3) is 0 Å². The molecular weight excluding hydrogens is 235 g/mol. The molecule has 4 unspecified atom stereocenters. The maximum Gasteiger partial charge on any atom is 0.106 e. The Balaban J connectivity index is 2.09. The highest BCUT2D eigenvalue weighted by Gasteiger charge is 2.29. The van der Waals surface area contributed by atoms with E-state index in [0.717, 1.165) is 0 Å². The first-order chi connectivity index (χ1) is 7.16. The fraction of sp³-hybridized carbons (Fsp3) is 0.400. The molecule has 3 N–H and O–H groups in total. The molecule has 1 heterocycles. The predicted octanol–water partition coefficient (Wildman–Crippen LogP) is 1.25. The molecule has 82 valence electrons. The lowest BCUT2D eigenvalue weighted by Crippen LogP contribution is -2.54. The molecule has 0 fully saturated rings. The highest BCUT2D eigenvalue weighted by Crippen LogP contribution is 2.20. The van der Waals surface area contributed by atoms with E-state index in [1.807, 2.05) is 18.2 Å². The van der Waals surface area contributed by atoms with Crippen molar-refractivity contribution in [2.45, 2.75) is 17.8 Å². The molecule has 0 saturated carbocycles. The van der Waals surface area contributed by atoms with Crippen molar-refractivity contribution in [1.29, 1.82) is 0 Å². The molecule has 0 saturated heterocycles. The lowest BCUT2D eigenvalue weighted by Gasteiger charge is -2.34. The van der Waals surface area contributed by atoms with E-state index < -0.39 is 6.10 Å². The van der Waals surface area contributed by atoms with Crippen LogP contribution in [0.15, 0.2) is 35.5 Å². The summed E-state index contributed by atoms with van der Waals surface area (Å²) in [5, 5.41) is 16.4. The van der Waals surface area contributed by atoms with E-state index in [2.05, 4.69) is 10.6 Å². The van der Waals surface area contributed by atoms with E-state index in [-0.39, 0.29) is 17.6 Å². The molecule has 5 heteroatoms. The summed E-state index contributed by atoms with van der Waals surface area (Å²) in [4.78, 5) is 0. The molecule has 0 radical (unpaired) electrons. The van der Waals surface area contributed by atoms with Gasteiger partial charge in [-0.05, 0) is 6.08 Å². The summed E-state index contributed by atoms with van der Waals surface area (Å²) in [6.07, 6.45) is 8.38. The maximum absolute atomic E-state index is 9.77. The van der Waals surface area contributed by atoms with Crippen molar-refractivity contribution in [2.75, 3.05) is 0 Å². The van der Waals surface area contributed by atoms with Crippen molar-refractivity contribution in [1.82, 2.24) is 10.6 Å². The van der Waals surface area contributed by atoms with Gasteiger partial charge in [0.25, 0.3) is 0 Å². The van der Waals surface area contributed by atoms with Gasteiger partial charge in [-0.2, -0.15) is 0 Å². The number of hydrogen-bond donors (Lipinski definition) is 3. The minimum atomic E-state index is -0.522. The summed E-state index contributed by atoms with van der Waals surface area (Å²) in [6.45, 7) is 0. The largest absolute Gasteiger partial charge is 0.388 e. The molecule has 0 aromatic carbocycles. The molecule has 3 nitrogen and oxygen atoms in total. The number of allylic oxidation sites excluding steroid dienone is 2. The second-order valence-corrected chi connectivity index (χ2v) is 4.42. The third-order valence-electron chi connectivity index (χ3n) is 2.46. The van der Waals surface area contributed by atoms with Crippen LogP contribution in [0.4, 0.5) is 0 Å². The monoisotopic (exact) mass is 246 g/mol. The highest BCUT2D eigenvalue weighted by atomic mass is 35.5. The summed E-state index contributed by atoms with van der Waals surface area (Å²) in [7, 11) is 0. The molecular formula is C10H12Cl2N2O. The molecule has 15 heavy (non-hydrogen) atoms. The Hall–Kier alpha value is -0.480. The van der Waals surface area contributed by atoms with E-state index in [1.165, 1.54) is 0 Å². The van der Waals surface area contributed by atoms with Crippen LogP contribution in [0.5, 0.6) is 0 Å². The summed E-state index contributed by atoms with van der Waals surface area (Å²) < 4.78 is 0. The Morgan fingerprint density at radius 3 is 2.67 bits per heavy atom. The summed E-state index contributed by atoms with van der Waals surface area (Å²) >= 11 is 11.8. The molecule has 1 aliphatic carbocycles. The Labute approximate surface area is 98.4 Å². The first kappa shape index (κ1) is 11.0. The van der Waals surface area contributed by atoms with Crippen LogP contribution in [0, 0.1) is 5.92 Å². The standard InChI is InChI=1S/C10H12Cl2N2O/c11-8-5-9(12)14-10(13-8)6-3-1-2-4-7(6)15/h1-8,10,13-15H. The predicted molar refractivity (Wildman–Crippen MR) is 61.4 cm³/mol. The van der Waals surface area contributed by atoms with E-state index in [9.17, 15) is 5.11 Å². The zero-order chi connectivity index (χ0) is 10.8. The van der Waals surface area contributed by atoms with Crippen LogP contribution < -0.4 is 10.6 Å². The number of nitrogens with one attached hydrogen (secondary N) is 2. The van der Waals surface area contributed by atoms with Crippen molar-refractivity contribution >= 4 is 23.2 Å². The van der Waals surface area contributed by atoms with E-state index in [0.29, 0.717) is 5.16 Å². The minimum Gasteiger partial charge on any atom is -0.388 e. The zero-order valence-corrected chi connectivity index (χ0v) is 9.41. The number of rotatable bonds is 1. The van der Waals surface area contributed by atoms with Gasteiger partial charge in [0, 0.05) is 5.92 Å². The quantitative estimate of drug-likeness (QED) is 0.482. The van der Waals surface area contributed by atoms with Gasteiger partial charge in [-0.25, -0.2) is 0 Å². The fourth-order valence-electron chi connectivity index (χ4n) is 1.71. The third kappa shape index (κ3) is 2.55. The number of aliphatic hydroxyl groups is 1. The molecule has 0 amide bonds. The molecule has 0 aromatic rings. The van der Waals surface area contributed by atoms with Crippen molar-refractivity contribution in [2.24, 2.45) is 5.92 Å². The summed E-state index contributed by atoms with van der Waals surface area (Å²) in [5.74, 6) is -0.0706. The van der Waals surface area contributed by atoms with E-state index in [4.69, 9.17) is 23.2 Å². The van der Waals surface area contributed by atoms with Gasteiger partial charge >= 0.3 is 0 Å². The fourth-order valence-corrected chi connectivity index (χ4v) is 2.28. The molecule has 0 aromatic heterocycles. The Bertz CT molecular complexity index is 327. The number of aliphatic hydroxyl groups excluding tert-OH is 1. The Morgan fingerprint density at radius 1 is 1.27 bits per heavy atom. The highest BCUT2D eigenvalue weighted by molar-refractivity contribution is 6.30. The lowest BCUT2D eigenvalue weighted by molar-refractivity contribution is 0.141. The topological polar surface area (TPSA) is 44.3 Å². The minimum absolute atomic E-state index is 0.0706. The molecule has 2 rings (SSSR count). The van der Waals surface area contributed by atoms with Crippen molar-refractivity contribution in [3.63, 3.8) is 0 Å². The smallest absolute Gasteiger partial charge is 0.106 e. The van der Waals surface area contributed by atoms with Gasteiger partial charge in [-0.15, -0.1) is 11.6 Å². The van der Waals surface area contributed by atoms with Crippen LogP contribution >= 0.6 is 23.2 Å². The van der Waals surface area contributed by atoms with Crippen LogP contribution in [0.2, 0.25) is 0 Å². The molecule has 4 atom stereocenters. The number of hydrogen-bond acceptors (Lipinski definition) is 3. The second kappa shape index (κ2) is 4.58. The van der Waals surface area contributed by atoms with Crippen LogP contribution in [0.3, 0.4) is 0 Å². The van der Waals surface area contributed by atoms with Crippen LogP contribution in [0.1, 0.15) is 0 Å². The first-order valence-corrected chi connectivity index (χ1v) is 5.55. The van der Waals surface area contributed by atoms with Crippen molar-refractivity contribution < 1.29 is 5.11 Å². The average Bonchev–Trinajstić information content (AvgIpc) is 2.16. The third-order valence-corrected chi connectivity index (χ3v) is 2.94. The van der Waals surface area contributed by atoms with Gasteiger partial charge in [0.1, 0.15) is 10.7 Å². The number of halogens is 2. The number of alkyl halides is 1. The van der Waals surface area contributed by atoms with Gasteiger partial charge in [0.2, 0.25) is 0 Å². The van der Waals surface area contributed by atoms with Crippen molar-refractivity contribution in [3.05, 3.63) is 35.5 Å². The van der Waals surface area contributed by atoms with Gasteiger partial charge in [0.05, 0.1) is 12.3 Å². The zero-order valence-electron chi connectivity index (χ0n) is 7.90. The summed E-state index contributed by atoms with van der Waals surface area (Å²) in [5.41, 5.74) is -0.310. The maximum atomic E-state index is 9.77. The second-order valence-electron chi connectivity index (χ2n) is 3.54. The van der Waals surface area contributed by atoms with Gasteiger partial charge < -0.3 is 10.4 Å². The average molecular weight is 247 g/mol. The molecule has 1 aliphatic heterocycles. The van der Waals surface area contributed by atoms with Gasteiger partial charge in [-0.1, -0.05) is 35.9 Å². The van der Waals surface area contributed by atoms with Crippen LogP contribution in [-0.2, 0) is 0 Å². The van der Waals surface area contributed by atoms with Gasteiger partial charge in [-0.3, -0.25) is 5.32 Å². The SMILES string of the molecule is OC1C=CC=CC1C1NC(Cl)=CC(Cl)N1. The van der Waals surface area contributed by atoms with E-state index >= 15 is 0 Å². The first-order valence-electron chi connectivity index (χ1n) is 4.74. The Kier molecular flexibility index (Phi) is 3.36. The van der Waals surface area contributed by atoms with Crippen molar-refractivity contribution in [3.8, 4) is 0 Å².